The van der Waals surface area contributed by atoms with Crippen molar-refractivity contribution < 1.29 is 18.7 Å². The number of thioether (sulfide) groups is 1. The number of hydrogen-bond acceptors (Lipinski definition) is 5. The number of aliphatic hydroxyl groups excluding tert-OH is 1. The smallest absolute Gasteiger partial charge is 0.349 e. The van der Waals surface area contributed by atoms with Gasteiger partial charge in [0.05, 0.1) is 13.2 Å². The summed E-state index contributed by atoms with van der Waals surface area (Å²) in [5.74, 6) is 0. The first-order valence-electron chi connectivity index (χ1n) is 8.89. The summed E-state index contributed by atoms with van der Waals surface area (Å²) in [5.41, 5.74) is 1.16. The van der Waals surface area contributed by atoms with Crippen molar-refractivity contribution in [2.24, 2.45) is 5.41 Å². The van der Waals surface area contributed by atoms with E-state index in [0.717, 1.165) is 4.90 Å². The highest BCUT2D eigenvalue weighted by atomic mass is 32.2. The van der Waals surface area contributed by atoms with Crippen LogP contribution in [0.4, 0.5) is 0 Å². The number of fused-ring (bicyclic) bond motifs is 1. The highest BCUT2D eigenvalue weighted by Gasteiger charge is 2.63. The molecule has 2 unspecified atom stereocenters. The molecule has 0 amide bonds. The van der Waals surface area contributed by atoms with Crippen LogP contribution in [-0.4, -0.2) is 18.3 Å². The van der Waals surface area contributed by atoms with Crippen LogP contribution in [0.5, 0.6) is 0 Å². The van der Waals surface area contributed by atoms with E-state index in [4.69, 9.17) is 9.05 Å². The molecule has 2 aliphatic rings. The Morgan fingerprint density at radius 3 is 2.33 bits per heavy atom. The van der Waals surface area contributed by atoms with Gasteiger partial charge in [-0.2, -0.15) is 0 Å². The molecule has 4 nitrogen and oxygen atoms in total. The second-order valence-electron chi connectivity index (χ2n) is 7.81. The average Bonchev–Trinajstić information content (AvgIpc) is 2.66. The van der Waals surface area contributed by atoms with Gasteiger partial charge in [-0.3, -0.25) is 4.57 Å². The zero-order chi connectivity index (χ0) is 19.3. The van der Waals surface area contributed by atoms with Crippen molar-refractivity contribution in [1.82, 2.24) is 0 Å². The molecule has 2 heterocycles. The monoisotopic (exact) mass is 402 g/mol. The Labute approximate surface area is 164 Å². The Hall–Kier alpha value is -1.36. The van der Waals surface area contributed by atoms with Crippen LogP contribution in [0.3, 0.4) is 0 Å². The van der Waals surface area contributed by atoms with Crippen molar-refractivity contribution >= 4 is 19.4 Å². The summed E-state index contributed by atoms with van der Waals surface area (Å²) in [5, 5.41) is 10.2. The Bertz CT molecular complexity index is 913. The summed E-state index contributed by atoms with van der Waals surface area (Å²) in [7, 11) is -3.76. The van der Waals surface area contributed by atoms with Crippen molar-refractivity contribution in [3.8, 4) is 0 Å². The summed E-state index contributed by atoms with van der Waals surface area (Å²) >= 11 is 1.42. The zero-order valence-electron chi connectivity index (χ0n) is 15.4. The molecule has 2 aliphatic heterocycles. The van der Waals surface area contributed by atoms with E-state index in [1.165, 1.54) is 11.8 Å². The molecular weight excluding hydrogens is 379 g/mol. The molecule has 1 N–H and O–H groups in total. The van der Waals surface area contributed by atoms with Gasteiger partial charge in [0.1, 0.15) is 6.10 Å². The van der Waals surface area contributed by atoms with Crippen LogP contribution in [0.2, 0.25) is 0 Å². The molecule has 0 spiro atoms. The van der Waals surface area contributed by atoms with E-state index < -0.39 is 18.9 Å². The minimum atomic E-state index is -3.76. The van der Waals surface area contributed by atoms with Gasteiger partial charge in [0.2, 0.25) is 0 Å². The second-order valence-corrected chi connectivity index (χ2v) is 11.2. The fourth-order valence-corrected chi connectivity index (χ4v) is 7.96. The van der Waals surface area contributed by atoms with Crippen LogP contribution >= 0.6 is 19.4 Å². The predicted molar refractivity (Wildman–Crippen MR) is 108 cm³/mol. The number of hydrogen-bond donors (Lipinski definition) is 1. The first kappa shape index (κ1) is 19.0. The Kier molecular flexibility index (Phi) is 4.65. The standard InChI is InChI=1S/C21H23O4PS/c1-15-21(16-9-5-4-6-10-16,26(23)24-13-20(2,3)14-25-26)19(22)17-11-7-8-12-18(17)27-15/h4-12,19,22H,1,13-14H2,2-3H3. The molecule has 1 fully saturated rings. The summed E-state index contributed by atoms with van der Waals surface area (Å²) in [4.78, 5) is 1.48. The zero-order valence-corrected chi connectivity index (χ0v) is 17.1. The molecule has 27 heavy (non-hydrogen) atoms. The van der Waals surface area contributed by atoms with E-state index in [0.29, 0.717) is 29.2 Å². The number of aliphatic hydroxyl groups is 1. The van der Waals surface area contributed by atoms with E-state index in [1.54, 1.807) is 0 Å². The lowest BCUT2D eigenvalue weighted by Crippen LogP contribution is -2.42. The van der Waals surface area contributed by atoms with Crippen LogP contribution in [0.1, 0.15) is 31.1 Å². The number of rotatable bonds is 2. The lowest BCUT2D eigenvalue weighted by atomic mass is 9.87. The normalized spacial score (nSPS) is 29.1. The summed E-state index contributed by atoms with van der Waals surface area (Å²) in [6.07, 6.45) is -1.09. The maximum atomic E-state index is 14.2. The fourth-order valence-electron chi connectivity index (χ4n) is 3.66. The van der Waals surface area contributed by atoms with Gasteiger partial charge in [-0.1, -0.05) is 80.7 Å². The Morgan fingerprint density at radius 2 is 1.67 bits per heavy atom. The summed E-state index contributed by atoms with van der Waals surface area (Å²) < 4.78 is 26.0. The van der Waals surface area contributed by atoms with Crippen molar-refractivity contribution in [1.29, 1.82) is 0 Å². The van der Waals surface area contributed by atoms with Crippen molar-refractivity contribution in [2.75, 3.05) is 13.2 Å². The lowest BCUT2D eigenvalue weighted by molar-refractivity contribution is 0.0194. The molecule has 6 heteroatoms. The third-order valence-electron chi connectivity index (χ3n) is 5.16. The van der Waals surface area contributed by atoms with Gasteiger partial charge in [-0.25, -0.2) is 0 Å². The number of benzene rings is 2. The van der Waals surface area contributed by atoms with Crippen molar-refractivity contribution in [2.45, 2.75) is 30.0 Å². The third-order valence-corrected chi connectivity index (χ3v) is 9.05. The quantitative estimate of drug-likeness (QED) is 0.672. The van der Waals surface area contributed by atoms with E-state index in [9.17, 15) is 9.67 Å². The molecule has 4 rings (SSSR count). The highest BCUT2D eigenvalue weighted by Crippen LogP contribution is 2.77. The van der Waals surface area contributed by atoms with E-state index in [1.807, 2.05) is 68.4 Å². The largest absolute Gasteiger partial charge is 0.386 e. The first-order valence-corrected chi connectivity index (χ1v) is 11.3. The van der Waals surface area contributed by atoms with Crippen LogP contribution in [0, 0.1) is 5.41 Å². The van der Waals surface area contributed by atoms with Crippen LogP contribution in [0.15, 0.2) is 71.0 Å². The minimum Gasteiger partial charge on any atom is -0.386 e. The maximum Gasteiger partial charge on any atom is 0.349 e. The molecular formula is C21H23O4PS. The van der Waals surface area contributed by atoms with E-state index in [-0.39, 0.29) is 5.41 Å². The van der Waals surface area contributed by atoms with E-state index >= 15 is 0 Å². The van der Waals surface area contributed by atoms with Gasteiger partial charge in [-0.05, 0) is 17.2 Å². The summed E-state index contributed by atoms with van der Waals surface area (Å²) in [6.45, 7) is 8.82. The Morgan fingerprint density at radius 1 is 1.07 bits per heavy atom. The molecule has 2 aromatic carbocycles. The minimum absolute atomic E-state index is 0.238. The molecule has 1 saturated heterocycles. The molecule has 0 aromatic heterocycles. The average molecular weight is 402 g/mol. The highest BCUT2D eigenvalue weighted by molar-refractivity contribution is 8.03. The predicted octanol–water partition coefficient (Wildman–Crippen LogP) is 5.50. The third kappa shape index (κ3) is 2.84. The van der Waals surface area contributed by atoms with Gasteiger partial charge in [0.15, 0.2) is 5.16 Å². The molecule has 0 radical (unpaired) electrons. The molecule has 2 atom stereocenters. The fraction of sp³-hybridized carbons (Fsp3) is 0.333. The van der Waals surface area contributed by atoms with Crippen LogP contribution in [-0.2, 0) is 18.8 Å². The summed E-state index contributed by atoms with van der Waals surface area (Å²) in [6, 6.07) is 16.9. The lowest BCUT2D eigenvalue weighted by Gasteiger charge is -2.49. The van der Waals surface area contributed by atoms with Crippen molar-refractivity contribution in [3.05, 3.63) is 77.2 Å². The maximum absolute atomic E-state index is 14.2. The first-order chi connectivity index (χ1) is 12.8. The van der Waals surface area contributed by atoms with Crippen LogP contribution in [0.25, 0.3) is 0 Å². The van der Waals surface area contributed by atoms with Gasteiger partial charge in [0, 0.05) is 15.2 Å². The Balaban J connectivity index is 1.94. The van der Waals surface area contributed by atoms with E-state index in [2.05, 4.69) is 6.58 Å². The molecule has 0 bridgehead atoms. The second kappa shape index (κ2) is 6.61. The van der Waals surface area contributed by atoms with Gasteiger partial charge in [-0.15, -0.1) is 0 Å². The van der Waals surface area contributed by atoms with Crippen LogP contribution < -0.4 is 0 Å². The molecule has 0 aliphatic carbocycles. The van der Waals surface area contributed by atoms with Gasteiger partial charge < -0.3 is 14.2 Å². The molecule has 0 saturated carbocycles. The van der Waals surface area contributed by atoms with Crippen molar-refractivity contribution in [3.63, 3.8) is 0 Å². The van der Waals surface area contributed by atoms with Gasteiger partial charge in [0.25, 0.3) is 0 Å². The molecule has 142 valence electrons. The SMILES string of the molecule is C=C1Sc2ccccc2C(O)C1(c1ccccc1)P1(=O)OCC(C)(C)CO1. The van der Waals surface area contributed by atoms with Gasteiger partial charge >= 0.3 is 7.60 Å². The molecule has 2 aromatic rings. The topological polar surface area (TPSA) is 55.8 Å².